The molecule has 5 N–H and O–H groups in total. The lowest BCUT2D eigenvalue weighted by Crippen LogP contribution is -2.63. The number of carbonyl (C=O) groups excluding carboxylic acids is 2. The Morgan fingerprint density at radius 3 is 2.37 bits per heavy atom. The summed E-state index contributed by atoms with van der Waals surface area (Å²) >= 11 is 0. The minimum atomic E-state index is -1.28. The Morgan fingerprint density at radius 2 is 1.59 bits per heavy atom. The fraction of sp³-hybridized carbons (Fsp3) is 0.634. The summed E-state index contributed by atoms with van der Waals surface area (Å²) in [5, 5.41) is 36.1. The lowest BCUT2D eigenvalue weighted by molar-refractivity contribution is -0.214. The smallest absolute Gasteiger partial charge is 0.339 e. The van der Waals surface area contributed by atoms with Crippen molar-refractivity contribution in [1.29, 1.82) is 0 Å². The number of hydrogen-bond acceptors (Lipinski definition) is 5. The van der Waals surface area contributed by atoms with E-state index in [0.29, 0.717) is 41.7 Å². The molecule has 264 valence electrons. The van der Waals surface area contributed by atoms with Crippen LogP contribution in [-0.2, 0) is 11.3 Å². The van der Waals surface area contributed by atoms with Gasteiger partial charge in [0.05, 0.1) is 11.5 Å². The molecule has 0 bridgehead atoms. The summed E-state index contributed by atoms with van der Waals surface area (Å²) in [4.78, 5) is 38.7. The number of nitrogens with one attached hydrogen (secondary N) is 2. The highest BCUT2D eigenvalue weighted by atomic mass is 16.4. The molecular weight excluding hydrogens is 616 g/mol. The highest BCUT2D eigenvalue weighted by Gasteiger charge is 2.67. The van der Waals surface area contributed by atoms with E-state index in [0.717, 1.165) is 50.5 Å². The van der Waals surface area contributed by atoms with E-state index in [1.165, 1.54) is 43.9 Å². The summed E-state index contributed by atoms with van der Waals surface area (Å²) in [5.74, 6) is 0.997. The van der Waals surface area contributed by atoms with Crippen LogP contribution in [0.2, 0.25) is 0 Å². The van der Waals surface area contributed by atoms with Crippen molar-refractivity contribution in [2.24, 2.45) is 51.2 Å². The summed E-state index contributed by atoms with van der Waals surface area (Å²) in [7, 11) is 0. The molecular formula is C41H54N2O6. The maximum absolute atomic E-state index is 14.2. The number of phenols is 1. The zero-order valence-corrected chi connectivity index (χ0v) is 29.6. The van der Waals surface area contributed by atoms with Crippen LogP contribution < -0.4 is 10.6 Å². The molecule has 0 aromatic heterocycles. The van der Waals surface area contributed by atoms with Gasteiger partial charge in [0.15, 0.2) is 0 Å². The minimum Gasteiger partial charge on any atom is -0.507 e. The molecule has 49 heavy (non-hydrogen) atoms. The first kappa shape index (κ1) is 34.1. The standard InChI is InChI=1S/C41H54N2O6/c1-38(2)32-15-18-39(3)29-14-20-41(17-6-9-30(41)27(29)11-13-33(39)40(32,4)19-16-34(38)45)37(49)42-23-24-7-5-8-25(21-24)35(46)43-26-10-12-31(44)28(22-26)36(47)48/h5,7-8,10,12,21-22,27,29-30,32-34,44-45H,6,9,11,13-20,23H2,1-4H3,(H,42,49)(H,43,46)(H,47,48). The number of carboxylic acid groups (broad SMARTS) is 1. The van der Waals surface area contributed by atoms with Crippen molar-refractivity contribution >= 4 is 23.5 Å². The second-order valence-corrected chi connectivity index (χ2v) is 17.4. The first-order valence-electron chi connectivity index (χ1n) is 18.6. The van der Waals surface area contributed by atoms with E-state index in [2.05, 4.69) is 38.3 Å². The zero-order valence-electron chi connectivity index (χ0n) is 29.6. The number of aliphatic hydroxyl groups excluding tert-OH is 1. The number of hydrogen-bond donors (Lipinski definition) is 5. The van der Waals surface area contributed by atoms with Crippen LogP contribution in [0.25, 0.3) is 0 Å². The van der Waals surface area contributed by atoms with E-state index in [4.69, 9.17) is 0 Å². The first-order valence-corrected chi connectivity index (χ1v) is 18.6. The van der Waals surface area contributed by atoms with Gasteiger partial charge in [0, 0.05) is 17.8 Å². The van der Waals surface area contributed by atoms with E-state index in [1.54, 1.807) is 18.2 Å². The van der Waals surface area contributed by atoms with Crippen molar-refractivity contribution in [3.8, 4) is 5.75 Å². The largest absolute Gasteiger partial charge is 0.507 e. The van der Waals surface area contributed by atoms with E-state index in [9.17, 15) is 29.7 Å². The average Bonchev–Trinajstić information content (AvgIpc) is 3.52. The summed E-state index contributed by atoms with van der Waals surface area (Å²) in [5.41, 5.74) is 1.40. The van der Waals surface area contributed by atoms with Gasteiger partial charge in [-0.2, -0.15) is 0 Å². The minimum absolute atomic E-state index is 0.0431. The summed E-state index contributed by atoms with van der Waals surface area (Å²) in [6, 6.07) is 11.1. The van der Waals surface area contributed by atoms with Gasteiger partial charge in [0.2, 0.25) is 5.91 Å². The lowest BCUT2D eigenvalue weighted by atomic mass is 9.36. The third-order valence-electron chi connectivity index (χ3n) is 15.1. The second kappa shape index (κ2) is 12.1. The van der Waals surface area contributed by atoms with Crippen molar-refractivity contribution in [3.63, 3.8) is 0 Å². The number of rotatable bonds is 6. The quantitative estimate of drug-likeness (QED) is 0.199. The van der Waals surface area contributed by atoms with Crippen molar-refractivity contribution in [2.45, 2.75) is 111 Å². The van der Waals surface area contributed by atoms with Gasteiger partial charge in [-0.1, -0.05) is 46.2 Å². The molecule has 2 aromatic rings. The Balaban J connectivity index is 1.03. The van der Waals surface area contributed by atoms with E-state index in [-0.39, 0.29) is 50.7 Å². The van der Waals surface area contributed by atoms with Gasteiger partial charge in [0.25, 0.3) is 5.91 Å². The van der Waals surface area contributed by atoms with E-state index in [1.807, 2.05) is 6.07 Å². The van der Waals surface area contributed by atoms with E-state index < -0.39 is 11.9 Å². The lowest BCUT2D eigenvalue weighted by Gasteiger charge is -2.69. The summed E-state index contributed by atoms with van der Waals surface area (Å²) in [6.07, 6.45) is 12.0. The van der Waals surface area contributed by atoms with Crippen molar-refractivity contribution in [1.82, 2.24) is 5.32 Å². The van der Waals surface area contributed by atoms with Gasteiger partial charge in [-0.3, -0.25) is 9.59 Å². The molecule has 0 saturated heterocycles. The predicted molar refractivity (Wildman–Crippen MR) is 188 cm³/mol. The fourth-order valence-corrected chi connectivity index (χ4v) is 12.8. The van der Waals surface area contributed by atoms with Crippen LogP contribution in [-0.4, -0.2) is 39.2 Å². The van der Waals surface area contributed by atoms with Crippen LogP contribution in [0.5, 0.6) is 5.75 Å². The van der Waals surface area contributed by atoms with E-state index >= 15 is 0 Å². The van der Waals surface area contributed by atoms with Crippen LogP contribution in [0.3, 0.4) is 0 Å². The van der Waals surface area contributed by atoms with Gasteiger partial charge >= 0.3 is 5.97 Å². The number of aliphatic hydroxyl groups is 1. The third kappa shape index (κ3) is 5.39. The summed E-state index contributed by atoms with van der Waals surface area (Å²) in [6.45, 7) is 10.1. The van der Waals surface area contributed by atoms with Gasteiger partial charge in [-0.15, -0.1) is 0 Å². The number of anilines is 1. The van der Waals surface area contributed by atoms with Crippen LogP contribution in [0, 0.1) is 51.2 Å². The highest BCUT2D eigenvalue weighted by molar-refractivity contribution is 6.05. The van der Waals surface area contributed by atoms with Gasteiger partial charge in [-0.05, 0) is 146 Å². The first-order chi connectivity index (χ1) is 23.2. The number of benzene rings is 2. The number of aromatic hydroxyl groups is 1. The molecule has 9 unspecified atom stereocenters. The van der Waals surface area contributed by atoms with Crippen molar-refractivity contribution < 1.29 is 29.7 Å². The maximum atomic E-state index is 14.2. The number of carboxylic acids is 1. The Morgan fingerprint density at radius 1 is 0.816 bits per heavy atom. The van der Waals surface area contributed by atoms with Crippen molar-refractivity contribution in [3.05, 3.63) is 59.2 Å². The molecule has 0 aliphatic heterocycles. The molecule has 5 aliphatic carbocycles. The zero-order chi connectivity index (χ0) is 34.9. The average molecular weight is 671 g/mol. The molecule has 9 atom stereocenters. The molecule has 5 saturated carbocycles. The van der Waals surface area contributed by atoms with Gasteiger partial charge in [0.1, 0.15) is 11.3 Å². The van der Waals surface area contributed by atoms with Crippen LogP contribution in [0.15, 0.2) is 42.5 Å². The van der Waals surface area contributed by atoms with Gasteiger partial charge < -0.3 is 26.0 Å². The third-order valence-corrected chi connectivity index (χ3v) is 15.1. The Bertz CT molecular complexity index is 1650. The molecule has 8 nitrogen and oxygen atoms in total. The fourth-order valence-electron chi connectivity index (χ4n) is 12.8. The number of aromatic carboxylic acids is 1. The number of carbonyl (C=O) groups is 3. The Kier molecular flexibility index (Phi) is 8.44. The van der Waals surface area contributed by atoms with Gasteiger partial charge in [-0.25, -0.2) is 4.79 Å². The molecule has 0 heterocycles. The molecule has 0 radical (unpaired) electrons. The van der Waals surface area contributed by atoms with Crippen LogP contribution >= 0.6 is 0 Å². The highest BCUT2D eigenvalue weighted by Crippen LogP contribution is 2.73. The molecule has 5 fully saturated rings. The second-order valence-electron chi connectivity index (χ2n) is 17.4. The molecule has 7 rings (SSSR count). The molecule has 8 heteroatoms. The maximum Gasteiger partial charge on any atom is 0.339 e. The SMILES string of the molecule is CC1(C)C(O)CCC2(C)C1CCC1(C)C3CCC4(C(=O)NCc5cccc(C(=O)Nc6ccc(O)c(C(=O)O)c6)c5)CCCC4C3CCC12. The normalized spacial score (nSPS) is 37.5. The molecule has 2 amide bonds. The predicted octanol–water partition coefficient (Wildman–Crippen LogP) is 7.79. The molecule has 5 aliphatic rings. The molecule has 2 aromatic carbocycles. The Hall–Kier alpha value is -3.39. The van der Waals surface area contributed by atoms with Crippen molar-refractivity contribution in [2.75, 3.05) is 5.32 Å². The van der Waals surface area contributed by atoms with Crippen LogP contribution in [0.4, 0.5) is 5.69 Å². The summed E-state index contributed by atoms with van der Waals surface area (Å²) < 4.78 is 0. The van der Waals surface area contributed by atoms with Crippen LogP contribution in [0.1, 0.15) is 125 Å². The number of fused-ring (bicyclic) bond motifs is 7. The molecule has 0 spiro atoms. The topological polar surface area (TPSA) is 136 Å². The monoisotopic (exact) mass is 670 g/mol. The Labute approximate surface area is 290 Å². The number of amides is 2.